The summed E-state index contributed by atoms with van der Waals surface area (Å²) in [5.74, 6) is 1.80. The van der Waals surface area contributed by atoms with Crippen LogP contribution in [-0.4, -0.2) is 0 Å². The first kappa shape index (κ1) is 13.1. The standard InChI is InChI=1S/C16H23Br/c1-2-3-6-13-9-11-14(12-10-13)15-7-4-5-8-16(15)17/h4-5,7-8,13-14H,2-3,6,9-12H2,1H3/t13-,14-. The lowest BCUT2D eigenvalue weighted by atomic mass is 9.77. The minimum absolute atomic E-state index is 0.795. The van der Waals surface area contributed by atoms with Gasteiger partial charge in [-0.1, -0.05) is 60.3 Å². The largest absolute Gasteiger partial charge is 0.0654 e. The predicted octanol–water partition coefficient (Wildman–Crippen LogP) is 5.91. The van der Waals surface area contributed by atoms with Gasteiger partial charge < -0.3 is 0 Å². The highest BCUT2D eigenvalue weighted by atomic mass is 79.9. The summed E-state index contributed by atoms with van der Waals surface area (Å²) >= 11 is 3.69. The molecule has 1 aliphatic carbocycles. The van der Waals surface area contributed by atoms with E-state index >= 15 is 0 Å². The molecule has 0 unspecified atom stereocenters. The van der Waals surface area contributed by atoms with Crippen molar-refractivity contribution >= 4 is 15.9 Å². The zero-order chi connectivity index (χ0) is 12.1. The first-order valence-electron chi connectivity index (χ1n) is 7.05. The number of unbranched alkanes of at least 4 members (excludes halogenated alkanes) is 1. The smallest absolute Gasteiger partial charge is 0.0210 e. The normalized spacial score (nSPS) is 24.8. The molecule has 0 amide bonds. The Hall–Kier alpha value is -0.300. The number of rotatable bonds is 4. The van der Waals surface area contributed by atoms with Gasteiger partial charge in [0, 0.05) is 4.47 Å². The van der Waals surface area contributed by atoms with Gasteiger partial charge in [0.25, 0.3) is 0 Å². The summed E-state index contributed by atoms with van der Waals surface area (Å²) in [5, 5.41) is 0. The molecular formula is C16H23Br. The van der Waals surface area contributed by atoms with Gasteiger partial charge in [0.2, 0.25) is 0 Å². The second-order valence-corrected chi connectivity index (χ2v) is 6.24. The third-order valence-electron chi connectivity index (χ3n) is 4.16. The van der Waals surface area contributed by atoms with E-state index in [0.29, 0.717) is 0 Å². The Kier molecular flexibility index (Phi) is 5.09. The molecule has 94 valence electrons. The molecule has 0 aliphatic heterocycles. The Balaban J connectivity index is 1.89. The maximum Gasteiger partial charge on any atom is 0.0210 e. The van der Waals surface area contributed by atoms with Gasteiger partial charge in [-0.15, -0.1) is 0 Å². The Morgan fingerprint density at radius 1 is 1.12 bits per heavy atom. The first-order valence-corrected chi connectivity index (χ1v) is 7.85. The first-order chi connectivity index (χ1) is 8.31. The van der Waals surface area contributed by atoms with E-state index in [0.717, 1.165) is 11.8 Å². The van der Waals surface area contributed by atoms with Gasteiger partial charge in [-0.25, -0.2) is 0 Å². The van der Waals surface area contributed by atoms with E-state index in [1.165, 1.54) is 55.0 Å². The van der Waals surface area contributed by atoms with Crippen molar-refractivity contribution in [1.82, 2.24) is 0 Å². The van der Waals surface area contributed by atoms with Crippen LogP contribution in [0.1, 0.15) is 63.4 Å². The van der Waals surface area contributed by atoms with Gasteiger partial charge in [0.1, 0.15) is 0 Å². The van der Waals surface area contributed by atoms with Crippen molar-refractivity contribution in [3.8, 4) is 0 Å². The topological polar surface area (TPSA) is 0 Å². The summed E-state index contributed by atoms with van der Waals surface area (Å²) in [6.07, 6.45) is 9.87. The third-order valence-corrected chi connectivity index (χ3v) is 4.88. The van der Waals surface area contributed by atoms with Gasteiger partial charge in [-0.3, -0.25) is 0 Å². The van der Waals surface area contributed by atoms with Crippen LogP contribution < -0.4 is 0 Å². The Labute approximate surface area is 114 Å². The molecular weight excluding hydrogens is 272 g/mol. The average molecular weight is 295 g/mol. The molecule has 1 heteroatoms. The zero-order valence-corrected chi connectivity index (χ0v) is 12.4. The fraction of sp³-hybridized carbons (Fsp3) is 0.625. The van der Waals surface area contributed by atoms with E-state index in [-0.39, 0.29) is 0 Å². The number of halogens is 1. The van der Waals surface area contributed by atoms with Crippen LogP contribution in [0.2, 0.25) is 0 Å². The lowest BCUT2D eigenvalue weighted by Crippen LogP contribution is -2.13. The van der Waals surface area contributed by atoms with E-state index in [1.807, 2.05) is 0 Å². The molecule has 0 spiro atoms. The summed E-state index contributed by atoms with van der Waals surface area (Å²) in [5.41, 5.74) is 1.53. The van der Waals surface area contributed by atoms with Crippen LogP contribution in [0.5, 0.6) is 0 Å². The molecule has 0 N–H and O–H groups in total. The highest BCUT2D eigenvalue weighted by molar-refractivity contribution is 9.10. The fourth-order valence-corrected chi connectivity index (χ4v) is 3.67. The summed E-state index contributed by atoms with van der Waals surface area (Å²) < 4.78 is 1.30. The lowest BCUT2D eigenvalue weighted by Gasteiger charge is -2.29. The lowest BCUT2D eigenvalue weighted by molar-refractivity contribution is 0.304. The van der Waals surface area contributed by atoms with Crippen LogP contribution in [0.3, 0.4) is 0 Å². The molecule has 0 heterocycles. The third kappa shape index (κ3) is 3.58. The van der Waals surface area contributed by atoms with Gasteiger partial charge in [-0.05, 0) is 49.1 Å². The van der Waals surface area contributed by atoms with Gasteiger partial charge >= 0.3 is 0 Å². The highest BCUT2D eigenvalue weighted by Crippen LogP contribution is 2.39. The van der Waals surface area contributed by atoms with Gasteiger partial charge in [0.15, 0.2) is 0 Å². The predicted molar refractivity (Wildman–Crippen MR) is 78.4 cm³/mol. The molecule has 1 aliphatic rings. The van der Waals surface area contributed by atoms with Crippen molar-refractivity contribution < 1.29 is 0 Å². The molecule has 1 saturated carbocycles. The van der Waals surface area contributed by atoms with Crippen molar-refractivity contribution in [2.45, 2.75) is 57.8 Å². The van der Waals surface area contributed by atoms with E-state index in [9.17, 15) is 0 Å². The molecule has 1 aromatic rings. The van der Waals surface area contributed by atoms with Gasteiger partial charge in [-0.2, -0.15) is 0 Å². The molecule has 0 atom stereocenters. The Morgan fingerprint density at radius 3 is 2.47 bits per heavy atom. The highest BCUT2D eigenvalue weighted by Gasteiger charge is 2.22. The monoisotopic (exact) mass is 294 g/mol. The average Bonchev–Trinajstić information content (AvgIpc) is 2.38. The molecule has 0 radical (unpaired) electrons. The van der Waals surface area contributed by atoms with Crippen LogP contribution >= 0.6 is 15.9 Å². The molecule has 0 bridgehead atoms. The van der Waals surface area contributed by atoms with E-state index in [2.05, 4.69) is 47.1 Å². The molecule has 1 fully saturated rings. The molecule has 0 nitrogen and oxygen atoms in total. The second-order valence-electron chi connectivity index (χ2n) is 5.38. The SMILES string of the molecule is CCCC[C@H]1CC[C@H](c2ccccc2Br)CC1. The molecule has 1 aromatic carbocycles. The summed E-state index contributed by atoms with van der Waals surface area (Å²) in [4.78, 5) is 0. The summed E-state index contributed by atoms with van der Waals surface area (Å²) in [6.45, 7) is 2.30. The van der Waals surface area contributed by atoms with E-state index in [4.69, 9.17) is 0 Å². The number of hydrogen-bond acceptors (Lipinski definition) is 0. The van der Waals surface area contributed by atoms with Crippen molar-refractivity contribution in [3.05, 3.63) is 34.3 Å². The van der Waals surface area contributed by atoms with Crippen LogP contribution in [0, 0.1) is 5.92 Å². The molecule has 2 rings (SSSR count). The quantitative estimate of drug-likeness (QED) is 0.647. The summed E-state index contributed by atoms with van der Waals surface area (Å²) in [7, 11) is 0. The number of benzene rings is 1. The van der Waals surface area contributed by atoms with Crippen LogP contribution in [-0.2, 0) is 0 Å². The van der Waals surface area contributed by atoms with E-state index < -0.39 is 0 Å². The number of hydrogen-bond donors (Lipinski definition) is 0. The molecule has 0 aromatic heterocycles. The fourth-order valence-electron chi connectivity index (χ4n) is 3.06. The minimum atomic E-state index is 0.795. The van der Waals surface area contributed by atoms with Crippen LogP contribution in [0.4, 0.5) is 0 Å². The molecule has 17 heavy (non-hydrogen) atoms. The van der Waals surface area contributed by atoms with Crippen molar-refractivity contribution in [2.75, 3.05) is 0 Å². The van der Waals surface area contributed by atoms with E-state index in [1.54, 1.807) is 0 Å². The minimum Gasteiger partial charge on any atom is -0.0654 e. The molecule has 0 saturated heterocycles. The Morgan fingerprint density at radius 2 is 1.82 bits per heavy atom. The van der Waals surface area contributed by atoms with Gasteiger partial charge in [0.05, 0.1) is 0 Å². The zero-order valence-electron chi connectivity index (χ0n) is 10.8. The maximum absolute atomic E-state index is 3.69. The Bertz CT molecular complexity index is 337. The second kappa shape index (κ2) is 6.58. The van der Waals surface area contributed by atoms with Crippen LogP contribution in [0.25, 0.3) is 0 Å². The van der Waals surface area contributed by atoms with Crippen LogP contribution in [0.15, 0.2) is 28.7 Å². The van der Waals surface area contributed by atoms with Crippen molar-refractivity contribution in [2.24, 2.45) is 5.92 Å². The summed E-state index contributed by atoms with van der Waals surface area (Å²) in [6, 6.07) is 8.75. The van der Waals surface area contributed by atoms with Crippen molar-refractivity contribution in [3.63, 3.8) is 0 Å². The maximum atomic E-state index is 3.69. The van der Waals surface area contributed by atoms with Crippen molar-refractivity contribution in [1.29, 1.82) is 0 Å².